The highest BCUT2D eigenvalue weighted by atomic mass is 32.1. The van der Waals surface area contributed by atoms with Gasteiger partial charge < -0.3 is 22.1 Å². The second-order valence-corrected chi connectivity index (χ2v) is 6.34. The lowest BCUT2D eigenvalue weighted by atomic mass is 9.77. The molecule has 2 aromatic carbocycles. The Balaban J connectivity index is 2.06. The molecule has 0 aromatic heterocycles. The first-order valence-electron chi connectivity index (χ1n) is 8.00. The van der Waals surface area contributed by atoms with E-state index in [2.05, 4.69) is 10.6 Å². The second kappa shape index (κ2) is 7.37. The maximum atomic E-state index is 13.0. The average Bonchev–Trinajstić information content (AvgIpc) is 2.62. The van der Waals surface area contributed by atoms with Crippen LogP contribution in [0.2, 0.25) is 0 Å². The van der Waals surface area contributed by atoms with E-state index in [1.165, 1.54) is 0 Å². The van der Waals surface area contributed by atoms with Crippen LogP contribution in [0.1, 0.15) is 11.5 Å². The predicted octanol–water partition coefficient (Wildman–Crippen LogP) is 1.61. The number of hydrogen-bond acceptors (Lipinski definition) is 4. The Hall–Kier alpha value is -3.19. The van der Waals surface area contributed by atoms with E-state index in [1.807, 2.05) is 48.5 Å². The average molecular weight is 366 g/mol. The van der Waals surface area contributed by atoms with Crippen molar-refractivity contribution in [2.75, 3.05) is 5.32 Å². The van der Waals surface area contributed by atoms with E-state index in [0.29, 0.717) is 5.69 Å². The third kappa shape index (κ3) is 3.43. The zero-order valence-electron chi connectivity index (χ0n) is 13.8. The molecule has 3 rings (SSSR count). The largest absolute Gasteiger partial charge is 0.385 e. The van der Waals surface area contributed by atoms with Crippen molar-refractivity contribution in [1.29, 1.82) is 0 Å². The van der Waals surface area contributed by atoms with Crippen molar-refractivity contribution in [3.63, 3.8) is 0 Å². The molecular formula is C19H18N4O2S. The van der Waals surface area contributed by atoms with Crippen LogP contribution in [0.15, 0.2) is 72.1 Å². The van der Waals surface area contributed by atoms with Crippen molar-refractivity contribution in [2.24, 2.45) is 17.4 Å². The highest BCUT2D eigenvalue weighted by Crippen LogP contribution is 2.37. The standard InChI is InChI=1S/C19H18N4O2S/c20-16-14(18(25)22-12-9-5-2-6-10-12)13(11-7-3-1-4-8-11)15(17(21)24)19(26)23-16/h1-10,13,15H,20H2,(H2,21,24)(H,22,25)(H,23,26). The van der Waals surface area contributed by atoms with Gasteiger partial charge in [-0.2, -0.15) is 0 Å². The number of amides is 2. The molecule has 6 nitrogen and oxygen atoms in total. The molecule has 2 amide bonds. The molecule has 132 valence electrons. The molecule has 0 bridgehead atoms. The molecule has 0 spiro atoms. The summed E-state index contributed by atoms with van der Waals surface area (Å²) < 4.78 is 0. The topological polar surface area (TPSA) is 110 Å². The first kappa shape index (κ1) is 17.6. The van der Waals surface area contributed by atoms with Gasteiger partial charge in [-0.3, -0.25) is 9.59 Å². The molecule has 1 heterocycles. The Labute approximate surface area is 156 Å². The molecule has 2 aromatic rings. The summed E-state index contributed by atoms with van der Waals surface area (Å²) in [7, 11) is 0. The van der Waals surface area contributed by atoms with Crippen LogP contribution in [0.4, 0.5) is 5.69 Å². The van der Waals surface area contributed by atoms with Crippen molar-refractivity contribution >= 4 is 34.7 Å². The Kier molecular flexibility index (Phi) is 4.99. The third-order valence-corrected chi connectivity index (χ3v) is 4.57. The van der Waals surface area contributed by atoms with Crippen LogP contribution in [0.5, 0.6) is 0 Å². The van der Waals surface area contributed by atoms with Crippen LogP contribution < -0.4 is 22.1 Å². The number of rotatable bonds is 4. The van der Waals surface area contributed by atoms with Gasteiger partial charge in [-0.25, -0.2) is 0 Å². The summed E-state index contributed by atoms with van der Waals surface area (Å²) in [6.07, 6.45) is 0. The van der Waals surface area contributed by atoms with Crippen LogP contribution in [0, 0.1) is 5.92 Å². The van der Waals surface area contributed by atoms with Crippen LogP contribution in [-0.4, -0.2) is 16.8 Å². The van der Waals surface area contributed by atoms with Gasteiger partial charge in [0.05, 0.1) is 16.5 Å². The number of para-hydroxylation sites is 1. The number of carbonyl (C=O) groups is 2. The summed E-state index contributed by atoms with van der Waals surface area (Å²) in [5, 5.41) is 5.56. The molecule has 0 radical (unpaired) electrons. The number of thiocarbonyl (C=S) groups is 1. The fourth-order valence-corrected chi connectivity index (χ4v) is 3.42. The highest BCUT2D eigenvalue weighted by molar-refractivity contribution is 7.80. The smallest absolute Gasteiger partial charge is 0.255 e. The maximum absolute atomic E-state index is 13.0. The number of anilines is 1. The number of benzene rings is 2. The van der Waals surface area contributed by atoms with E-state index in [1.54, 1.807) is 12.1 Å². The second-order valence-electron chi connectivity index (χ2n) is 5.91. The maximum Gasteiger partial charge on any atom is 0.255 e. The van der Waals surface area contributed by atoms with E-state index in [0.717, 1.165) is 5.56 Å². The summed E-state index contributed by atoms with van der Waals surface area (Å²) in [6.45, 7) is 0. The molecule has 1 aliphatic rings. The molecule has 6 N–H and O–H groups in total. The van der Waals surface area contributed by atoms with Gasteiger partial charge >= 0.3 is 0 Å². The Morgan fingerprint density at radius 3 is 2.15 bits per heavy atom. The summed E-state index contributed by atoms with van der Waals surface area (Å²) in [5.41, 5.74) is 13.3. The van der Waals surface area contributed by atoms with Crippen LogP contribution in [-0.2, 0) is 9.59 Å². The van der Waals surface area contributed by atoms with E-state index < -0.39 is 23.7 Å². The van der Waals surface area contributed by atoms with Crippen LogP contribution in [0.3, 0.4) is 0 Å². The van der Waals surface area contributed by atoms with E-state index in [-0.39, 0.29) is 16.4 Å². The molecule has 0 aliphatic carbocycles. The quantitative estimate of drug-likeness (QED) is 0.615. The number of nitrogens with one attached hydrogen (secondary N) is 2. The Morgan fingerprint density at radius 1 is 1.00 bits per heavy atom. The van der Waals surface area contributed by atoms with Gasteiger partial charge in [0.25, 0.3) is 5.91 Å². The summed E-state index contributed by atoms with van der Waals surface area (Å²) in [5.74, 6) is -2.44. The van der Waals surface area contributed by atoms with Crippen LogP contribution in [0.25, 0.3) is 0 Å². The number of hydrogen-bond donors (Lipinski definition) is 4. The number of nitrogens with two attached hydrogens (primary N) is 2. The first-order valence-corrected chi connectivity index (χ1v) is 8.41. The molecule has 0 saturated heterocycles. The van der Waals surface area contributed by atoms with E-state index in [9.17, 15) is 9.59 Å². The van der Waals surface area contributed by atoms with Gasteiger partial charge in [0.15, 0.2) is 0 Å². The zero-order chi connectivity index (χ0) is 18.7. The molecule has 26 heavy (non-hydrogen) atoms. The summed E-state index contributed by atoms with van der Waals surface area (Å²) >= 11 is 5.27. The lowest BCUT2D eigenvalue weighted by Crippen LogP contribution is -2.49. The Bertz CT molecular complexity index is 881. The van der Waals surface area contributed by atoms with Crippen molar-refractivity contribution in [1.82, 2.24) is 5.32 Å². The van der Waals surface area contributed by atoms with E-state index >= 15 is 0 Å². The first-order chi connectivity index (χ1) is 12.5. The monoisotopic (exact) mass is 366 g/mol. The summed E-state index contributed by atoms with van der Waals surface area (Å²) in [6, 6.07) is 18.1. The van der Waals surface area contributed by atoms with Gasteiger partial charge in [0, 0.05) is 11.6 Å². The normalized spacial score (nSPS) is 19.6. The summed E-state index contributed by atoms with van der Waals surface area (Å²) in [4.78, 5) is 25.2. The van der Waals surface area contributed by atoms with Crippen molar-refractivity contribution < 1.29 is 9.59 Å². The van der Waals surface area contributed by atoms with Gasteiger partial charge in [-0.05, 0) is 17.7 Å². The minimum absolute atomic E-state index is 0.120. The third-order valence-electron chi connectivity index (χ3n) is 4.22. The lowest BCUT2D eigenvalue weighted by Gasteiger charge is -2.33. The van der Waals surface area contributed by atoms with Crippen LogP contribution >= 0.6 is 12.2 Å². The Morgan fingerprint density at radius 2 is 1.58 bits per heavy atom. The van der Waals surface area contributed by atoms with Crippen molar-refractivity contribution in [3.05, 3.63) is 77.6 Å². The van der Waals surface area contributed by atoms with Gasteiger partial charge in [-0.1, -0.05) is 60.7 Å². The molecule has 0 saturated carbocycles. The molecular weight excluding hydrogens is 348 g/mol. The predicted molar refractivity (Wildman–Crippen MR) is 104 cm³/mol. The number of carbonyl (C=O) groups excluding carboxylic acids is 2. The van der Waals surface area contributed by atoms with Gasteiger partial charge in [-0.15, -0.1) is 0 Å². The van der Waals surface area contributed by atoms with Crippen molar-refractivity contribution in [3.8, 4) is 0 Å². The van der Waals surface area contributed by atoms with Crippen molar-refractivity contribution in [2.45, 2.75) is 5.92 Å². The SMILES string of the molecule is NC(=O)C1C(=S)NC(N)=C(C(=O)Nc2ccccc2)C1c1ccccc1. The highest BCUT2D eigenvalue weighted by Gasteiger charge is 2.42. The fraction of sp³-hybridized carbons (Fsp3) is 0.105. The minimum atomic E-state index is -0.865. The number of primary amides is 1. The zero-order valence-corrected chi connectivity index (χ0v) is 14.6. The van der Waals surface area contributed by atoms with Gasteiger partial charge in [0.2, 0.25) is 5.91 Å². The molecule has 2 atom stereocenters. The molecule has 2 unspecified atom stereocenters. The van der Waals surface area contributed by atoms with E-state index in [4.69, 9.17) is 23.7 Å². The molecule has 7 heteroatoms. The lowest BCUT2D eigenvalue weighted by molar-refractivity contribution is -0.120. The molecule has 1 aliphatic heterocycles. The van der Waals surface area contributed by atoms with Gasteiger partial charge in [0.1, 0.15) is 5.82 Å². The minimum Gasteiger partial charge on any atom is -0.385 e. The fourth-order valence-electron chi connectivity index (χ4n) is 3.06. The molecule has 0 fully saturated rings.